The molecule has 1 unspecified atom stereocenters. The van der Waals surface area contributed by atoms with E-state index in [-0.39, 0.29) is 35.5 Å². The molecule has 2 aromatic heterocycles. The number of fused-ring (bicyclic) bond motifs is 1. The number of thioether (sulfide) groups is 1. The highest BCUT2D eigenvalue weighted by Crippen LogP contribution is 2.51. The molecule has 2 aliphatic heterocycles. The molecule has 1 N–H and O–H groups in total. The minimum Gasteiger partial charge on any atom is -0.383 e. The van der Waals surface area contributed by atoms with Crippen molar-refractivity contribution in [1.82, 2.24) is 24.2 Å². The van der Waals surface area contributed by atoms with Gasteiger partial charge >= 0.3 is 11.9 Å². The Morgan fingerprint density at radius 2 is 1.95 bits per heavy atom. The molecule has 0 amide bonds. The van der Waals surface area contributed by atoms with Crippen LogP contribution in [0.25, 0.3) is 32.9 Å². The minimum atomic E-state index is -4.70. The number of piperazine rings is 1. The molecule has 0 spiro atoms. The van der Waals surface area contributed by atoms with E-state index in [9.17, 15) is 9.90 Å². The standard InChI is InChI=1S/C30H33F3N6O3S/c1-6-23(40)38-16(2)12-37(13-17(38)3)28-21-10-22(30(31,32)33)24(20-9-7-8-18-11-34-36(4)25(18)20)27-26(21)39(29(41)35-28)19(14-42-5)15-43-27/h6-11,16-17,19,23,40H,1,12-15H2,2-5H3/t16-,17+,19-,23?/m0/s1. The molecule has 4 heterocycles. The van der Waals surface area contributed by atoms with Gasteiger partial charge in [0, 0.05) is 71.9 Å². The Kier molecular flexibility index (Phi) is 7.56. The fourth-order valence-corrected chi connectivity index (χ4v) is 8.04. The van der Waals surface area contributed by atoms with Crippen molar-refractivity contribution in [2.75, 3.05) is 37.5 Å². The van der Waals surface area contributed by atoms with Crippen molar-refractivity contribution in [3.05, 3.63) is 59.2 Å². The lowest BCUT2D eigenvalue weighted by Gasteiger charge is -2.46. The van der Waals surface area contributed by atoms with Gasteiger partial charge in [-0.25, -0.2) is 4.79 Å². The molecule has 2 aliphatic rings. The smallest absolute Gasteiger partial charge is 0.383 e. The Morgan fingerprint density at radius 3 is 2.60 bits per heavy atom. The number of ether oxygens (including phenoxy) is 1. The summed E-state index contributed by atoms with van der Waals surface area (Å²) in [4.78, 5) is 22.4. The van der Waals surface area contributed by atoms with Crippen LogP contribution in [0.15, 0.2) is 52.8 Å². The van der Waals surface area contributed by atoms with E-state index in [1.807, 2.05) is 29.7 Å². The molecular formula is C30H33F3N6O3S. The third-order valence-corrected chi connectivity index (χ3v) is 9.67. The molecule has 2 aromatic carbocycles. The maximum atomic E-state index is 15.1. The number of aryl methyl sites for hydroxylation is 1. The number of benzene rings is 2. The van der Waals surface area contributed by atoms with Gasteiger partial charge in [-0.2, -0.15) is 23.3 Å². The molecule has 228 valence electrons. The number of halogens is 3. The minimum absolute atomic E-state index is 0.0287. The molecule has 4 aromatic rings. The quantitative estimate of drug-likeness (QED) is 0.314. The van der Waals surface area contributed by atoms with Crippen LogP contribution in [0.4, 0.5) is 19.0 Å². The van der Waals surface area contributed by atoms with E-state index >= 15 is 13.2 Å². The zero-order chi connectivity index (χ0) is 30.8. The van der Waals surface area contributed by atoms with E-state index < -0.39 is 29.7 Å². The maximum Gasteiger partial charge on any atom is 0.417 e. The summed E-state index contributed by atoms with van der Waals surface area (Å²) in [6.45, 7) is 8.45. The van der Waals surface area contributed by atoms with Gasteiger partial charge in [-0.05, 0) is 26.0 Å². The number of nitrogens with zero attached hydrogens (tertiary/aromatic N) is 6. The van der Waals surface area contributed by atoms with E-state index in [4.69, 9.17) is 4.74 Å². The van der Waals surface area contributed by atoms with Gasteiger partial charge in [-0.1, -0.05) is 24.8 Å². The van der Waals surface area contributed by atoms with Crippen LogP contribution in [-0.2, 0) is 18.0 Å². The first kappa shape index (κ1) is 29.7. The van der Waals surface area contributed by atoms with Gasteiger partial charge in [-0.15, -0.1) is 11.8 Å². The van der Waals surface area contributed by atoms with Crippen LogP contribution in [0.5, 0.6) is 0 Å². The zero-order valence-electron chi connectivity index (χ0n) is 24.3. The number of aliphatic hydroxyl groups excluding tert-OH is 1. The van der Waals surface area contributed by atoms with Crippen molar-refractivity contribution in [2.24, 2.45) is 7.05 Å². The third-order valence-electron chi connectivity index (χ3n) is 8.43. The molecule has 1 saturated heterocycles. The van der Waals surface area contributed by atoms with Crippen LogP contribution in [0.3, 0.4) is 0 Å². The summed E-state index contributed by atoms with van der Waals surface area (Å²) in [5, 5.41) is 15.8. The summed E-state index contributed by atoms with van der Waals surface area (Å²) in [6, 6.07) is 5.58. The fraction of sp³-hybridized carbons (Fsp3) is 0.433. The Hall–Kier alpha value is -3.39. The summed E-state index contributed by atoms with van der Waals surface area (Å²) in [7, 11) is 3.24. The van der Waals surface area contributed by atoms with Crippen LogP contribution in [-0.4, -0.2) is 80.2 Å². The van der Waals surface area contributed by atoms with E-state index in [1.54, 1.807) is 30.1 Å². The largest absolute Gasteiger partial charge is 0.417 e. The molecule has 0 aliphatic carbocycles. The number of aliphatic hydroxyl groups is 1. The number of para-hydroxylation sites is 1. The first-order valence-electron chi connectivity index (χ1n) is 14.0. The van der Waals surface area contributed by atoms with E-state index in [0.29, 0.717) is 45.7 Å². The number of hydrogen-bond donors (Lipinski definition) is 1. The Labute approximate surface area is 250 Å². The number of aromatic nitrogens is 4. The van der Waals surface area contributed by atoms with Crippen molar-refractivity contribution >= 4 is 39.4 Å². The third kappa shape index (κ3) is 4.82. The topological polar surface area (TPSA) is 88.7 Å². The van der Waals surface area contributed by atoms with Gasteiger partial charge in [0.05, 0.1) is 35.4 Å². The summed E-state index contributed by atoms with van der Waals surface area (Å²) >= 11 is 1.30. The fourth-order valence-electron chi connectivity index (χ4n) is 6.72. The van der Waals surface area contributed by atoms with Crippen molar-refractivity contribution in [1.29, 1.82) is 0 Å². The lowest BCUT2D eigenvalue weighted by atomic mass is 9.94. The number of rotatable bonds is 6. The highest BCUT2D eigenvalue weighted by Gasteiger charge is 2.41. The average molecular weight is 615 g/mol. The van der Waals surface area contributed by atoms with E-state index in [0.717, 1.165) is 6.07 Å². The molecule has 43 heavy (non-hydrogen) atoms. The average Bonchev–Trinajstić information content (AvgIpc) is 3.34. The Morgan fingerprint density at radius 1 is 1.23 bits per heavy atom. The summed E-state index contributed by atoms with van der Waals surface area (Å²) in [5.41, 5.74) is 0.0863. The van der Waals surface area contributed by atoms with E-state index in [1.165, 1.54) is 29.5 Å². The van der Waals surface area contributed by atoms with Gasteiger partial charge in [-0.3, -0.25) is 14.1 Å². The van der Waals surface area contributed by atoms with Gasteiger partial charge in [0.25, 0.3) is 0 Å². The normalized spacial score (nSPS) is 22.0. The highest BCUT2D eigenvalue weighted by atomic mass is 32.2. The second-order valence-corrected chi connectivity index (χ2v) is 12.3. The monoisotopic (exact) mass is 614 g/mol. The molecule has 1 fully saturated rings. The van der Waals surface area contributed by atoms with Crippen LogP contribution in [0, 0.1) is 0 Å². The molecule has 0 bridgehead atoms. The van der Waals surface area contributed by atoms with Crippen LogP contribution in [0.2, 0.25) is 0 Å². The summed E-state index contributed by atoms with van der Waals surface area (Å²) < 4.78 is 53.7. The van der Waals surface area contributed by atoms with Crippen molar-refractivity contribution in [3.8, 4) is 11.1 Å². The summed E-state index contributed by atoms with van der Waals surface area (Å²) in [6.07, 6.45) is -2.49. The van der Waals surface area contributed by atoms with E-state index in [2.05, 4.69) is 16.7 Å². The van der Waals surface area contributed by atoms with Crippen LogP contribution in [0.1, 0.15) is 25.5 Å². The summed E-state index contributed by atoms with van der Waals surface area (Å²) in [5.74, 6) is 0.553. The molecule has 6 rings (SSSR count). The van der Waals surface area contributed by atoms with Crippen LogP contribution >= 0.6 is 11.8 Å². The van der Waals surface area contributed by atoms with Gasteiger partial charge in [0.1, 0.15) is 12.0 Å². The predicted molar refractivity (Wildman–Crippen MR) is 162 cm³/mol. The molecule has 4 atom stereocenters. The molecule has 9 nitrogen and oxygen atoms in total. The lowest BCUT2D eigenvalue weighted by Crippen LogP contribution is -2.60. The first-order chi connectivity index (χ1) is 20.5. The van der Waals surface area contributed by atoms with Gasteiger partial charge in [0.2, 0.25) is 0 Å². The van der Waals surface area contributed by atoms with Crippen molar-refractivity contribution in [3.63, 3.8) is 0 Å². The number of alkyl halides is 3. The lowest BCUT2D eigenvalue weighted by molar-refractivity contribution is -0.137. The van der Waals surface area contributed by atoms with Crippen molar-refractivity contribution < 1.29 is 23.0 Å². The Bertz CT molecular complexity index is 1780. The van der Waals surface area contributed by atoms with Crippen molar-refractivity contribution in [2.45, 2.75) is 49.3 Å². The highest BCUT2D eigenvalue weighted by molar-refractivity contribution is 7.99. The zero-order valence-corrected chi connectivity index (χ0v) is 25.1. The van der Waals surface area contributed by atoms with Crippen LogP contribution < -0.4 is 10.6 Å². The molecule has 0 radical (unpaired) electrons. The number of methoxy groups -OCH3 is 1. The molecule has 0 saturated carbocycles. The maximum absolute atomic E-state index is 15.1. The second kappa shape index (κ2) is 11.0. The molecule has 13 heteroatoms. The van der Waals surface area contributed by atoms with Gasteiger partial charge in [0.15, 0.2) is 0 Å². The van der Waals surface area contributed by atoms with Gasteiger partial charge < -0.3 is 14.7 Å². The number of hydrogen-bond acceptors (Lipinski definition) is 8. The predicted octanol–water partition coefficient (Wildman–Crippen LogP) is 4.67. The Balaban J connectivity index is 1.68. The number of anilines is 1. The molecular weight excluding hydrogens is 581 g/mol. The first-order valence-corrected chi connectivity index (χ1v) is 15.0. The second-order valence-electron chi connectivity index (χ2n) is 11.2. The SMILES string of the molecule is C=CC(O)N1[C@H](C)CN(c2nc(=O)n3c4c(c(-c5cccc6cnn(C)c56)c(C(F)(F)F)cc24)SC[C@@H]3COC)C[C@@H]1C.